The lowest BCUT2D eigenvalue weighted by Gasteiger charge is -2.28. The Kier molecular flexibility index (Phi) is 9.03. The second kappa shape index (κ2) is 11.5. The van der Waals surface area contributed by atoms with Gasteiger partial charge in [0.25, 0.3) is 5.91 Å². The van der Waals surface area contributed by atoms with Crippen LogP contribution in [0.15, 0.2) is 24.3 Å². The SMILES string of the molecule is NCCCCN(CCCN)C(=O)[C@H](Cc1ccc(O)cc1)NC(=O)[C@@H]1O[C@H]1C(=O)O. The molecule has 2 rings (SSSR count). The van der Waals surface area contributed by atoms with Crippen LogP contribution in [0, 0.1) is 0 Å². The number of carboxylic acid groups (broad SMARTS) is 1. The number of aromatic hydroxyl groups is 1. The number of ether oxygens (including phenoxy) is 1. The Bertz CT molecular complexity index is 727. The summed E-state index contributed by atoms with van der Waals surface area (Å²) >= 11 is 0. The van der Waals surface area contributed by atoms with Gasteiger partial charge in [0, 0.05) is 19.5 Å². The molecule has 2 amide bonds. The summed E-state index contributed by atoms with van der Waals surface area (Å²) < 4.78 is 4.89. The molecule has 30 heavy (non-hydrogen) atoms. The molecular weight excluding hydrogens is 392 g/mol. The van der Waals surface area contributed by atoms with Crippen LogP contribution in [-0.2, 0) is 25.5 Å². The third kappa shape index (κ3) is 6.97. The number of hydrogen-bond acceptors (Lipinski definition) is 7. The van der Waals surface area contributed by atoms with E-state index in [1.54, 1.807) is 17.0 Å². The van der Waals surface area contributed by atoms with E-state index in [0.29, 0.717) is 32.6 Å². The van der Waals surface area contributed by atoms with Crippen molar-refractivity contribution in [3.63, 3.8) is 0 Å². The van der Waals surface area contributed by atoms with E-state index in [4.69, 9.17) is 21.3 Å². The highest BCUT2D eigenvalue weighted by Gasteiger charge is 2.51. The summed E-state index contributed by atoms with van der Waals surface area (Å²) in [5, 5.41) is 21.1. The van der Waals surface area contributed by atoms with E-state index < -0.39 is 30.1 Å². The van der Waals surface area contributed by atoms with Gasteiger partial charge in [-0.15, -0.1) is 0 Å². The zero-order valence-corrected chi connectivity index (χ0v) is 16.8. The number of nitrogens with zero attached hydrogens (tertiary/aromatic N) is 1. The highest BCUT2D eigenvalue weighted by molar-refractivity contribution is 5.95. The number of phenols is 1. The third-order valence-corrected chi connectivity index (χ3v) is 4.81. The summed E-state index contributed by atoms with van der Waals surface area (Å²) in [5.74, 6) is -2.05. The molecule has 10 nitrogen and oxygen atoms in total. The molecule has 0 spiro atoms. The van der Waals surface area contributed by atoms with Gasteiger partial charge in [0.05, 0.1) is 0 Å². The summed E-state index contributed by atoms with van der Waals surface area (Å²) in [6, 6.07) is 5.41. The molecular formula is C20H30N4O6. The third-order valence-electron chi connectivity index (χ3n) is 4.81. The first-order valence-corrected chi connectivity index (χ1v) is 10.0. The van der Waals surface area contributed by atoms with Gasteiger partial charge in [0.2, 0.25) is 5.91 Å². The van der Waals surface area contributed by atoms with E-state index in [2.05, 4.69) is 5.32 Å². The molecule has 0 unspecified atom stereocenters. The van der Waals surface area contributed by atoms with Crippen LogP contribution in [-0.4, -0.2) is 77.3 Å². The second-order valence-electron chi connectivity index (χ2n) is 7.21. The Labute approximate surface area is 175 Å². The van der Waals surface area contributed by atoms with Crippen molar-refractivity contribution in [3.05, 3.63) is 29.8 Å². The van der Waals surface area contributed by atoms with Crippen LogP contribution in [0.4, 0.5) is 0 Å². The van der Waals surface area contributed by atoms with Crippen molar-refractivity contribution in [1.29, 1.82) is 0 Å². The fourth-order valence-electron chi connectivity index (χ4n) is 3.10. The number of hydrogen-bond donors (Lipinski definition) is 5. The first-order valence-electron chi connectivity index (χ1n) is 10.0. The van der Waals surface area contributed by atoms with Gasteiger partial charge in [0.1, 0.15) is 11.8 Å². The number of benzene rings is 1. The predicted octanol–water partition coefficient (Wildman–Crippen LogP) is -0.812. The van der Waals surface area contributed by atoms with E-state index in [9.17, 15) is 19.5 Å². The quantitative estimate of drug-likeness (QED) is 0.203. The van der Waals surface area contributed by atoms with E-state index in [-0.39, 0.29) is 18.1 Å². The van der Waals surface area contributed by atoms with Gasteiger partial charge in [-0.3, -0.25) is 9.59 Å². The average Bonchev–Trinajstić information content (AvgIpc) is 3.52. The van der Waals surface area contributed by atoms with Crippen LogP contribution < -0.4 is 16.8 Å². The lowest BCUT2D eigenvalue weighted by atomic mass is 10.0. The van der Waals surface area contributed by atoms with Crippen LogP contribution in [0.25, 0.3) is 0 Å². The number of unbranched alkanes of at least 4 members (excludes halogenated alkanes) is 1. The minimum Gasteiger partial charge on any atom is -0.508 e. The standard InChI is InChI=1S/C20H30N4O6/c21-8-1-2-10-24(11-3-9-22)19(27)15(12-13-4-6-14(25)7-5-13)23-18(26)16-17(30-16)20(28)29/h4-7,15-17,25H,1-3,8-12,21-22H2,(H,23,26)(H,28,29)/t15-,16+,17+/m0/s1. The maximum atomic E-state index is 13.2. The molecule has 166 valence electrons. The van der Waals surface area contributed by atoms with Crippen molar-refractivity contribution in [3.8, 4) is 5.75 Å². The van der Waals surface area contributed by atoms with Crippen LogP contribution in [0.5, 0.6) is 5.75 Å². The first-order chi connectivity index (χ1) is 14.4. The lowest BCUT2D eigenvalue weighted by Crippen LogP contribution is -2.51. The zero-order valence-electron chi connectivity index (χ0n) is 16.8. The van der Waals surface area contributed by atoms with Crippen LogP contribution in [0.3, 0.4) is 0 Å². The monoisotopic (exact) mass is 422 g/mol. The largest absolute Gasteiger partial charge is 0.508 e. The molecule has 1 aromatic rings. The molecule has 0 aliphatic carbocycles. The fourth-order valence-corrected chi connectivity index (χ4v) is 3.10. The smallest absolute Gasteiger partial charge is 0.336 e. The van der Waals surface area contributed by atoms with Crippen molar-refractivity contribution < 1.29 is 29.3 Å². The molecule has 7 N–H and O–H groups in total. The van der Waals surface area contributed by atoms with Crippen molar-refractivity contribution in [2.75, 3.05) is 26.2 Å². The number of carbonyl (C=O) groups is 3. The predicted molar refractivity (Wildman–Crippen MR) is 109 cm³/mol. The number of nitrogens with two attached hydrogens (primary N) is 2. The highest BCUT2D eigenvalue weighted by atomic mass is 16.6. The number of carbonyl (C=O) groups excluding carboxylic acids is 2. The number of amides is 2. The normalized spacial score (nSPS) is 18.5. The van der Waals surface area contributed by atoms with E-state index >= 15 is 0 Å². The lowest BCUT2D eigenvalue weighted by molar-refractivity contribution is -0.138. The molecule has 1 heterocycles. The fraction of sp³-hybridized carbons (Fsp3) is 0.550. The Balaban J connectivity index is 2.14. The van der Waals surface area contributed by atoms with E-state index in [1.165, 1.54) is 12.1 Å². The summed E-state index contributed by atoms with van der Waals surface area (Å²) in [4.78, 5) is 38.3. The Morgan fingerprint density at radius 1 is 1.03 bits per heavy atom. The van der Waals surface area contributed by atoms with Gasteiger partial charge in [0.15, 0.2) is 12.2 Å². The van der Waals surface area contributed by atoms with Gasteiger partial charge >= 0.3 is 5.97 Å². The number of phenolic OH excluding ortho intramolecular Hbond substituents is 1. The Morgan fingerprint density at radius 3 is 2.23 bits per heavy atom. The molecule has 1 fully saturated rings. The van der Waals surface area contributed by atoms with Gasteiger partial charge in [-0.1, -0.05) is 12.1 Å². The first kappa shape index (κ1) is 23.6. The Morgan fingerprint density at radius 2 is 1.67 bits per heavy atom. The molecule has 0 radical (unpaired) electrons. The molecule has 10 heteroatoms. The van der Waals surface area contributed by atoms with Gasteiger partial charge in [-0.25, -0.2) is 4.79 Å². The molecule has 3 atom stereocenters. The number of aliphatic carboxylic acids is 1. The topological polar surface area (TPSA) is 172 Å². The van der Waals surface area contributed by atoms with Crippen molar-refractivity contribution in [2.24, 2.45) is 11.5 Å². The Hall–Kier alpha value is -2.69. The zero-order chi connectivity index (χ0) is 22.1. The molecule has 0 bridgehead atoms. The minimum atomic E-state index is -1.22. The minimum absolute atomic E-state index is 0.0905. The van der Waals surface area contributed by atoms with E-state index in [1.807, 2.05) is 0 Å². The number of carboxylic acids is 1. The van der Waals surface area contributed by atoms with Crippen LogP contribution in [0.2, 0.25) is 0 Å². The van der Waals surface area contributed by atoms with Crippen LogP contribution >= 0.6 is 0 Å². The molecule has 1 aliphatic heterocycles. The molecule has 1 aliphatic rings. The second-order valence-corrected chi connectivity index (χ2v) is 7.21. The number of nitrogens with one attached hydrogen (secondary N) is 1. The molecule has 0 saturated carbocycles. The summed E-state index contributed by atoms with van der Waals surface area (Å²) in [6.45, 7) is 1.86. The van der Waals surface area contributed by atoms with Crippen molar-refractivity contribution in [2.45, 2.75) is 43.9 Å². The molecule has 1 aromatic carbocycles. The van der Waals surface area contributed by atoms with Crippen molar-refractivity contribution in [1.82, 2.24) is 10.2 Å². The number of epoxide rings is 1. The van der Waals surface area contributed by atoms with Gasteiger partial charge in [-0.05, 0) is 50.0 Å². The highest BCUT2D eigenvalue weighted by Crippen LogP contribution is 2.23. The summed E-state index contributed by atoms with van der Waals surface area (Å²) in [5.41, 5.74) is 11.9. The summed E-state index contributed by atoms with van der Waals surface area (Å²) in [7, 11) is 0. The number of rotatable bonds is 13. The maximum Gasteiger partial charge on any atom is 0.336 e. The average molecular weight is 422 g/mol. The van der Waals surface area contributed by atoms with Crippen LogP contribution in [0.1, 0.15) is 24.8 Å². The van der Waals surface area contributed by atoms with Gasteiger partial charge < -0.3 is 36.6 Å². The summed E-state index contributed by atoms with van der Waals surface area (Å²) in [6.07, 6.45) is -0.0107. The van der Waals surface area contributed by atoms with Crippen molar-refractivity contribution >= 4 is 17.8 Å². The van der Waals surface area contributed by atoms with Gasteiger partial charge in [-0.2, -0.15) is 0 Å². The molecule has 0 aromatic heterocycles. The molecule has 1 saturated heterocycles. The maximum absolute atomic E-state index is 13.2. The van der Waals surface area contributed by atoms with E-state index in [0.717, 1.165) is 18.4 Å².